The molecule has 1 aliphatic heterocycles. The fourth-order valence-corrected chi connectivity index (χ4v) is 3.85. The van der Waals surface area contributed by atoms with Crippen LogP contribution < -0.4 is 14.8 Å². The maximum Gasteiger partial charge on any atom is 0.234 e. The van der Waals surface area contributed by atoms with E-state index in [1.165, 1.54) is 11.8 Å². The smallest absolute Gasteiger partial charge is 0.234 e. The Labute approximate surface area is 181 Å². The number of rotatable bonds is 5. The summed E-state index contributed by atoms with van der Waals surface area (Å²) in [5.74, 6) is 2.00. The minimum Gasteiger partial charge on any atom is -0.486 e. The van der Waals surface area contributed by atoms with Gasteiger partial charge in [-0.25, -0.2) is 0 Å². The van der Waals surface area contributed by atoms with Crippen LogP contribution >= 0.6 is 35.0 Å². The van der Waals surface area contributed by atoms with Crippen molar-refractivity contribution >= 4 is 46.6 Å². The summed E-state index contributed by atoms with van der Waals surface area (Å²) in [6.07, 6.45) is 0. The summed E-state index contributed by atoms with van der Waals surface area (Å²) < 4.78 is 13.0. The molecule has 3 aromatic rings. The second-order valence-corrected chi connectivity index (χ2v) is 7.89. The van der Waals surface area contributed by atoms with Gasteiger partial charge in [0.2, 0.25) is 5.91 Å². The zero-order valence-electron chi connectivity index (χ0n) is 15.3. The van der Waals surface area contributed by atoms with Crippen LogP contribution in [0.4, 0.5) is 5.69 Å². The molecule has 1 aromatic heterocycles. The van der Waals surface area contributed by atoms with Crippen molar-refractivity contribution in [3.63, 3.8) is 0 Å². The first-order chi connectivity index (χ1) is 14.0. The Bertz CT molecular complexity index is 1070. The van der Waals surface area contributed by atoms with Crippen LogP contribution in [0.25, 0.3) is 11.4 Å². The van der Waals surface area contributed by atoms with Crippen LogP contribution in [-0.2, 0) is 11.8 Å². The number of halogens is 2. The highest BCUT2D eigenvalue weighted by molar-refractivity contribution is 7.99. The molecule has 0 fully saturated rings. The first-order valence-electron chi connectivity index (χ1n) is 8.69. The van der Waals surface area contributed by atoms with Crippen LogP contribution in [-0.4, -0.2) is 39.6 Å². The van der Waals surface area contributed by atoms with E-state index in [0.29, 0.717) is 51.4 Å². The third-order valence-corrected chi connectivity index (χ3v) is 6.03. The van der Waals surface area contributed by atoms with Crippen molar-refractivity contribution in [3.8, 4) is 22.9 Å². The predicted molar refractivity (Wildman–Crippen MR) is 113 cm³/mol. The molecular weight excluding hydrogens is 435 g/mol. The highest BCUT2D eigenvalue weighted by Gasteiger charge is 2.17. The second-order valence-electron chi connectivity index (χ2n) is 6.16. The van der Waals surface area contributed by atoms with Gasteiger partial charge in [0.1, 0.15) is 13.2 Å². The number of carbonyl (C=O) groups is 1. The van der Waals surface area contributed by atoms with Gasteiger partial charge in [0.15, 0.2) is 22.5 Å². The molecule has 0 unspecified atom stereocenters. The van der Waals surface area contributed by atoms with Gasteiger partial charge in [0, 0.05) is 12.6 Å². The SMILES string of the molecule is Cn1c(SCC(=O)Nc2cccc(Cl)c2Cl)nnc1-c1ccc2c(c1)OCCO2. The molecule has 0 atom stereocenters. The zero-order chi connectivity index (χ0) is 20.4. The number of fused-ring (bicyclic) bond motifs is 1. The van der Waals surface area contributed by atoms with Crippen LogP contribution in [0.5, 0.6) is 11.5 Å². The molecule has 1 aliphatic rings. The molecule has 1 N–H and O–H groups in total. The van der Waals surface area contributed by atoms with Crippen molar-refractivity contribution in [2.45, 2.75) is 5.16 Å². The summed E-state index contributed by atoms with van der Waals surface area (Å²) >= 11 is 13.3. The average Bonchev–Trinajstić information content (AvgIpc) is 3.10. The molecule has 10 heteroatoms. The number of aromatic nitrogens is 3. The average molecular weight is 451 g/mol. The van der Waals surface area contributed by atoms with Gasteiger partial charge in [-0.3, -0.25) is 4.79 Å². The van der Waals surface area contributed by atoms with Crippen LogP contribution in [0, 0.1) is 0 Å². The van der Waals surface area contributed by atoms with E-state index in [4.69, 9.17) is 32.7 Å². The van der Waals surface area contributed by atoms with Gasteiger partial charge < -0.3 is 19.4 Å². The Balaban J connectivity index is 1.44. The minimum atomic E-state index is -0.219. The van der Waals surface area contributed by atoms with Crippen molar-refractivity contribution in [1.82, 2.24) is 14.8 Å². The number of amides is 1. The minimum absolute atomic E-state index is 0.149. The van der Waals surface area contributed by atoms with Gasteiger partial charge in [-0.05, 0) is 30.3 Å². The lowest BCUT2D eigenvalue weighted by Crippen LogP contribution is -2.15. The second kappa shape index (κ2) is 8.52. The number of carbonyl (C=O) groups excluding carboxylic acids is 1. The maximum atomic E-state index is 12.3. The van der Waals surface area contributed by atoms with Crippen LogP contribution in [0.3, 0.4) is 0 Å². The quantitative estimate of drug-likeness (QED) is 0.584. The van der Waals surface area contributed by atoms with Gasteiger partial charge in [-0.15, -0.1) is 10.2 Å². The summed E-state index contributed by atoms with van der Waals surface area (Å²) in [6.45, 7) is 1.06. The van der Waals surface area contributed by atoms with Crippen molar-refractivity contribution in [2.24, 2.45) is 7.05 Å². The highest BCUT2D eigenvalue weighted by Crippen LogP contribution is 2.34. The van der Waals surface area contributed by atoms with Crippen molar-refractivity contribution in [3.05, 3.63) is 46.4 Å². The summed E-state index contributed by atoms with van der Waals surface area (Å²) in [4.78, 5) is 12.3. The van der Waals surface area contributed by atoms with E-state index in [0.717, 1.165) is 5.56 Å². The number of hydrogen-bond donors (Lipinski definition) is 1. The fourth-order valence-electron chi connectivity index (χ4n) is 2.79. The number of thioether (sulfide) groups is 1. The molecule has 0 spiro atoms. The van der Waals surface area contributed by atoms with E-state index in [1.807, 2.05) is 29.8 Å². The van der Waals surface area contributed by atoms with Gasteiger partial charge in [0.25, 0.3) is 0 Å². The molecule has 0 aliphatic carbocycles. The monoisotopic (exact) mass is 450 g/mol. The summed E-state index contributed by atoms with van der Waals surface area (Å²) in [5.41, 5.74) is 1.32. The summed E-state index contributed by atoms with van der Waals surface area (Å²) in [7, 11) is 1.85. The topological polar surface area (TPSA) is 78.3 Å². The lowest BCUT2D eigenvalue weighted by molar-refractivity contribution is -0.113. The number of hydrogen-bond acceptors (Lipinski definition) is 6. The Morgan fingerprint density at radius 1 is 1.17 bits per heavy atom. The van der Waals surface area contributed by atoms with E-state index < -0.39 is 0 Å². The molecule has 29 heavy (non-hydrogen) atoms. The number of ether oxygens (including phenoxy) is 2. The molecule has 0 radical (unpaired) electrons. The Morgan fingerprint density at radius 2 is 1.97 bits per heavy atom. The van der Waals surface area contributed by atoms with Gasteiger partial charge in [-0.2, -0.15) is 0 Å². The highest BCUT2D eigenvalue weighted by atomic mass is 35.5. The van der Waals surface area contributed by atoms with E-state index in [9.17, 15) is 4.79 Å². The zero-order valence-corrected chi connectivity index (χ0v) is 17.6. The summed E-state index contributed by atoms with van der Waals surface area (Å²) in [6, 6.07) is 10.7. The lowest BCUT2D eigenvalue weighted by atomic mass is 10.2. The van der Waals surface area contributed by atoms with Gasteiger partial charge >= 0.3 is 0 Å². The van der Waals surface area contributed by atoms with E-state index >= 15 is 0 Å². The van der Waals surface area contributed by atoms with Crippen molar-refractivity contribution in [1.29, 1.82) is 0 Å². The third-order valence-electron chi connectivity index (χ3n) is 4.19. The molecule has 1 amide bonds. The summed E-state index contributed by atoms with van der Waals surface area (Å²) in [5, 5.41) is 12.5. The first kappa shape index (κ1) is 19.9. The lowest BCUT2D eigenvalue weighted by Gasteiger charge is -2.18. The van der Waals surface area contributed by atoms with E-state index in [2.05, 4.69) is 15.5 Å². The van der Waals surface area contributed by atoms with Crippen molar-refractivity contribution in [2.75, 3.05) is 24.3 Å². The normalized spacial score (nSPS) is 12.7. The van der Waals surface area contributed by atoms with Crippen LogP contribution in [0.1, 0.15) is 0 Å². The number of nitrogens with one attached hydrogen (secondary N) is 1. The molecule has 0 saturated carbocycles. The van der Waals surface area contributed by atoms with Crippen molar-refractivity contribution < 1.29 is 14.3 Å². The van der Waals surface area contributed by atoms with E-state index in [1.54, 1.807) is 18.2 Å². The molecule has 2 heterocycles. The maximum absolute atomic E-state index is 12.3. The molecule has 7 nitrogen and oxygen atoms in total. The molecule has 2 aromatic carbocycles. The molecule has 0 saturated heterocycles. The van der Waals surface area contributed by atoms with Crippen LogP contribution in [0.15, 0.2) is 41.6 Å². The van der Waals surface area contributed by atoms with Gasteiger partial charge in [0.05, 0.1) is 21.5 Å². The standard InChI is InChI=1S/C19H16Cl2N4O3S/c1-25-18(11-5-6-14-15(9-11)28-8-7-27-14)23-24-19(25)29-10-16(26)22-13-4-2-3-12(20)17(13)21/h2-6,9H,7-8,10H2,1H3,(H,22,26). The molecule has 4 rings (SSSR count). The predicted octanol–water partition coefficient (Wildman–Crippen LogP) is 4.29. The molecular formula is C19H16Cl2N4O3S. The van der Waals surface area contributed by atoms with Gasteiger partial charge in [-0.1, -0.05) is 41.0 Å². The number of anilines is 1. The Morgan fingerprint density at radius 3 is 2.79 bits per heavy atom. The van der Waals surface area contributed by atoms with E-state index in [-0.39, 0.29) is 11.7 Å². The molecule has 150 valence electrons. The number of benzene rings is 2. The Kier molecular flexibility index (Phi) is 5.84. The largest absolute Gasteiger partial charge is 0.486 e. The first-order valence-corrected chi connectivity index (χ1v) is 10.4. The fraction of sp³-hybridized carbons (Fsp3) is 0.211. The molecule has 0 bridgehead atoms. The number of nitrogens with zero attached hydrogens (tertiary/aromatic N) is 3. The van der Waals surface area contributed by atoms with Crippen LogP contribution in [0.2, 0.25) is 10.0 Å². The Hall–Kier alpha value is -2.42. The third kappa shape index (κ3) is 4.29.